The van der Waals surface area contributed by atoms with E-state index in [0.717, 1.165) is 12.8 Å². The fraction of sp³-hybridized carbons (Fsp3) is 0.571. The molecule has 1 aliphatic carbocycles. The molecule has 3 aliphatic rings. The number of carbonyl (C=O) groups excluding carboxylic acids is 2. The van der Waals surface area contributed by atoms with Crippen LogP contribution in [0.15, 0.2) is 35.9 Å². The molecule has 2 aliphatic heterocycles. The van der Waals surface area contributed by atoms with Crippen molar-refractivity contribution in [1.82, 2.24) is 0 Å². The van der Waals surface area contributed by atoms with Gasteiger partial charge in [0.05, 0.1) is 25.7 Å². The summed E-state index contributed by atoms with van der Waals surface area (Å²) >= 11 is 0. The molecule has 36 heavy (non-hydrogen) atoms. The van der Waals surface area contributed by atoms with E-state index in [2.05, 4.69) is 26.8 Å². The third-order valence-electron chi connectivity index (χ3n) is 7.36. The lowest BCUT2D eigenvalue weighted by Crippen LogP contribution is -2.55. The van der Waals surface area contributed by atoms with Crippen molar-refractivity contribution in [3.05, 3.63) is 41.5 Å². The molecule has 2 saturated heterocycles. The molecular formula is C28H36O8. The SMILES string of the molecule is COc1cc(/C=C/C(=O)O[C@@H]2CC[C@]3(CO3)[C@@H]([C@@]3(C)O[C@H]3CC=C(C)C)[C@@H]2OC)ccc1OC(C)=O. The Morgan fingerprint density at radius 3 is 2.53 bits per heavy atom. The zero-order valence-corrected chi connectivity index (χ0v) is 21.9. The lowest BCUT2D eigenvalue weighted by molar-refractivity contribution is -0.166. The van der Waals surface area contributed by atoms with Gasteiger partial charge >= 0.3 is 11.9 Å². The minimum Gasteiger partial charge on any atom is -0.493 e. The van der Waals surface area contributed by atoms with Crippen LogP contribution >= 0.6 is 0 Å². The van der Waals surface area contributed by atoms with Gasteiger partial charge in [-0.15, -0.1) is 0 Å². The van der Waals surface area contributed by atoms with E-state index in [9.17, 15) is 9.59 Å². The van der Waals surface area contributed by atoms with E-state index >= 15 is 0 Å². The van der Waals surface area contributed by atoms with Crippen molar-refractivity contribution < 1.29 is 38.0 Å². The highest BCUT2D eigenvalue weighted by molar-refractivity contribution is 5.87. The summed E-state index contributed by atoms with van der Waals surface area (Å²) < 4.78 is 34.4. The first-order valence-corrected chi connectivity index (χ1v) is 12.3. The Hall–Kier alpha value is -2.68. The van der Waals surface area contributed by atoms with Gasteiger partial charge in [-0.25, -0.2) is 4.79 Å². The Bertz CT molecular complexity index is 1050. The van der Waals surface area contributed by atoms with Gasteiger partial charge in [-0.1, -0.05) is 17.7 Å². The van der Waals surface area contributed by atoms with Crippen molar-refractivity contribution in [3.8, 4) is 11.5 Å². The largest absolute Gasteiger partial charge is 0.493 e. The van der Waals surface area contributed by atoms with Crippen LogP contribution in [-0.4, -0.2) is 62.3 Å². The molecule has 1 saturated carbocycles. The van der Waals surface area contributed by atoms with E-state index in [1.54, 1.807) is 31.4 Å². The van der Waals surface area contributed by atoms with Crippen molar-refractivity contribution in [2.45, 2.75) is 76.5 Å². The van der Waals surface area contributed by atoms with Crippen molar-refractivity contribution in [1.29, 1.82) is 0 Å². The number of epoxide rings is 2. The maximum Gasteiger partial charge on any atom is 0.331 e. The first-order chi connectivity index (χ1) is 17.1. The minimum atomic E-state index is -0.459. The van der Waals surface area contributed by atoms with Crippen LogP contribution in [0.5, 0.6) is 11.5 Å². The summed E-state index contributed by atoms with van der Waals surface area (Å²) in [4.78, 5) is 24.0. The highest BCUT2D eigenvalue weighted by atomic mass is 16.6. The Morgan fingerprint density at radius 1 is 1.17 bits per heavy atom. The Morgan fingerprint density at radius 2 is 1.92 bits per heavy atom. The minimum absolute atomic E-state index is 0.0285. The Labute approximate surface area is 212 Å². The van der Waals surface area contributed by atoms with Crippen LogP contribution in [0.4, 0.5) is 0 Å². The fourth-order valence-corrected chi connectivity index (χ4v) is 5.45. The monoisotopic (exact) mass is 500 g/mol. The third kappa shape index (κ3) is 5.51. The zero-order valence-electron chi connectivity index (χ0n) is 21.9. The summed E-state index contributed by atoms with van der Waals surface area (Å²) in [6.45, 7) is 8.28. The maximum atomic E-state index is 12.8. The summed E-state index contributed by atoms with van der Waals surface area (Å²) in [5.41, 5.74) is 1.31. The predicted molar refractivity (Wildman–Crippen MR) is 133 cm³/mol. The Balaban J connectivity index is 1.44. The second-order valence-corrected chi connectivity index (χ2v) is 10.2. The van der Waals surface area contributed by atoms with Crippen molar-refractivity contribution in [2.75, 3.05) is 20.8 Å². The molecule has 0 bridgehead atoms. The summed E-state index contributed by atoms with van der Waals surface area (Å²) in [5, 5.41) is 0. The third-order valence-corrected chi connectivity index (χ3v) is 7.36. The maximum absolute atomic E-state index is 12.8. The molecule has 0 amide bonds. The molecule has 8 nitrogen and oxygen atoms in total. The number of benzene rings is 1. The number of carbonyl (C=O) groups is 2. The first kappa shape index (κ1) is 26.4. The molecule has 1 spiro atoms. The Kier molecular flexibility index (Phi) is 7.59. The molecule has 2 heterocycles. The lowest BCUT2D eigenvalue weighted by atomic mass is 9.68. The molecule has 8 heteroatoms. The number of ether oxygens (including phenoxy) is 6. The lowest BCUT2D eigenvalue weighted by Gasteiger charge is -2.42. The van der Waals surface area contributed by atoms with Crippen LogP contribution in [0.3, 0.4) is 0 Å². The second-order valence-electron chi connectivity index (χ2n) is 10.2. The molecule has 4 rings (SSSR count). The normalized spacial score (nSPS) is 32.7. The quantitative estimate of drug-likeness (QED) is 0.163. The molecule has 0 unspecified atom stereocenters. The number of rotatable bonds is 9. The van der Waals surface area contributed by atoms with Gasteiger partial charge in [0.1, 0.15) is 23.4 Å². The highest BCUT2D eigenvalue weighted by Crippen LogP contribution is 2.59. The average molecular weight is 501 g/mol. The molecule has 3 fully saturated rings. The highest BCUT2D eigenvalue weighted by Gasteiger charge is 2.72. The van der Waals surface area contributed by atoms with Gasteiger partial charge in [0.15, 0.2) is 11.5 Å². The number of methoxy groups -OCH3 is 2. The van der Waals surface area contributed by atoms with Gasteiger partial charge in [-0.3, -0.25) is 4.79 Å². The number of hydrogen-bond donors (Lipinski definition) is 0. The molecule has 196 valence electrons. The fourth-order valence-electron chi connectivity index (χ4n) is 5.45. The summed E-state index contributed by atoms with van der Waals surface area (Å²) in [6.07, 6.45) is 6.86. The van der Waals surface area contributed by atoms with Crippen molar-refractivity contribution >= 4 is 18.0 Å². The second kappa shape index (κ2) is 10.4. The van der Waals surface area contributed by atoms with Gasteiger partial charge in [0, 0.05) is 20.1 Å². The number of hydrogen-bond acceptors (Lipinski definition) is 8. The first-order valence-electron chi connectivity index (χ1n) is 12.3. The van der Waals surface area contributed by atoms with Crippen LogP contribution in [0, 0.1) is 5.92 Å². The van der Waals surface area contributed by atoms with E-state index in [1.807, 2.05) is 0 Å². The molecule has 6 atom stereocenters. The topological polar surface area (TPSA) is 96.1 Å². The molecule has 1 aromatic carbocycles. The molecule has 0 aromatic heterocycles. The molecule has 1 aromatic rings. The molecule has 0 radical (unpaired) electrons. The van der Waals surface area contributed by atoms with Gasteiger partial charge in [0.25, 0.3) is 0 Å². The van der Waals surface area contributed by atoms with Crippen LogP contribution in [0.1, 0.15) is 52.5 Å². The smallest absolute Gasteiger partial charge is 0.331 e. The van der Waals surface area contributed by atoms with Crippen molar-refractivity contribution in [3.63, 3.8) is 0 Å². The summed E-state index contributed by atoms with van der Waals surface area (Å²) in [5.74, 6) is -0.217. The molecular weight excluding hydrogens is 464 g/mol. The number of esters is 2. The van der Waals surface area contributed by atoms with Crippen LogP contribution in [0.25, 0.3) is 6.08 Å². The van der Waals surface area contributed by atoms with Gasteiger partial charge in [0.2, 0.25) is 0 Å². The predicted octanol–water partition coefficient (Wildman–Crippen LogP) is 4.25. The summed E-state index contributed by atoms with van der Waals surface area (Å²) in [7, 11) is 3.14. The molecule has 0 N–H and O–H groups in total. The zero-order chi connectivity index (χ0) is 26.1. The average Bonchev–Trinajstić information content (AvgIpc) is 3.74. The summed E-state index contributed by atoms with van der Waals surface area (Å²) in [6, 6.07) is 5.03. The van der Waals surface area contributed by atoms with Crippen LogP contribution in [0.2, 0.25) is 0 Å². The standard InChI is InChI=1S/C28H36O8/c1-17(2)7-11-23-27(4,36-23)26-25(32-6)21(13-14-28(26)16-33-28)35-24(30)12-9-19-8-10-20(34-18(3)29)22(15-19)31-5/h7-10,12,15,21,23,25-26H,11,13-14,16H2,1-6H3/b12-9+/t21-,23+,25-,26-,27+,28+/m1/s1. The van der Waals surface area contributed by atoms with E-state index in [4.69, 9.17) is 28.4 Å². The van der Waals surface area contributed by atoms with E-state index < -0.39 is 18.0 Å². The van der Waals surface area contributed by atoms with Gasteiger partial charge in [-0.05, 0) is 63.8 Å². The van der Waals surface area contributed by atoms with Crippen LogP contribution < -0.4 is 9.47 Å². The van der Waals surface area contributed by atoms with Gasteiger partial charge < -0.3 is 28.4 Å². The van der Waals surface area contributed by atoms with Gasteiger partial charge in [-0.2, -0.15) is 0 Å². The van der Waals surface area contributed by atoms with E-state index in [1.165, 1.54) is 25.7 Å². The van der Waals surface area contributed by atoms with Crippen LogP contribution in [-0.2, 0) is 28.5 Å². The van der Waals surface area contributed by atoms with Crippen molar-refractivity contribution in [2.24, 2.45) is 5.92 Å². The van der Waals surface area contributed by atoms with E-state index in [-0.39, 0.29) is 29.3 Å². The number of allylic oxidation sites excluding steroid dienone is 1. The van der Waals surface area contributed by atoms with E-state index in [0.29, 0.717) is 30.1 Å².